The molecule has 0 spiro atoms. The first-order chi connectivity index (χ1) is 13.8. The molecule has 29 heavy (non-hydrogen) atoms. The first kappa shape index (κ1) is 20.8. The predicted octanol–water partition coefficient (Wildman–Crippen LogP) is 3.83. The lowest BCUT2D eigenvalue weighted by atomic mass is 10.2. The molecule has 1 aliphatic rings. The van der Waals surface area contributed by atoms with E-state index in [1.54, 1.807) is 6.07 Å². The van der Waals surface area contributed by atoms with E-state index in [2.05, 4.69) is 5.32 Å². The van der Waals surface area contributed by atoms with Gasteiger partial charge >= 0.3 is 5.97 Å². The molecule has 1 fully saturated rings. The molecule has 3 rings (SSSR count). The van der Waals surface area contributed by atoms with Gasteiger partial charge in [-0.2, -0.15) is 0 Å². The van der Waals surface area contributed by atoms with Gasteiger partial charge in [0.25, 0.3) is 5.91 Å². The van der Waals surface area contributed by atoms with Gasteiger partial charge in [0.15, 0.2) is 6.10 Å². The Kier molecular flexibility index (Phi) is 6.20. The summed E-state index contributed by atoms with van der Waals surface area (Å²) in [4.78, 5) is 49.2. The average Bonchev–Trinajstić information content (AvgIpc) is 3.03. The second-order valence-electron chi connectivity index (χ2n) is 6.33. The van der Waals surface area contributed by atoms with Crippen molar-refractivity contribution in [3.63, 3.8) is 0 Å². The fourth-order valence-electron chi connectivity index (χ4n) is 2.72. The molecule has 0 bridgehead atoms. The van der Waals surface area contributed by atoms with Crippen molar-refractivity contribution in [1.82, 2.24) is 0 Å². The van der Waals surface area contributed by atoms with Gasteiger partial charge in [-0.3, -0.25) is 19.3 Å². The van der Waals surface area contributed by atoms with Crippen LogP contribution in [0.4, 0.5) is 11.4 Å². The summed E-state index contributed by atoms with van der Waals surface area (Å²) in [6.45, 7) is 1.42. The zero-order chi connectivity index (χ0) is 21.1. The summed E-state index contributed by atoms with van der Waals surface area (Å²) in [5.74, 6) is -1.87. The van der Waals surface area contributed by atoms with Crippen LogP contribution in [0.2, 0.25) is 10.0 Å². The summed E-state index contributed by atoms with van der Waals surface area (Å²) in [7, 11) is 0. The van der Waals surface area contributed by atoms with E-state index < -0.39 is 18.0 Å². The quantitative estimate of drug-likeness (QED) is 0.569. The molecule has 0 radical (unpaired) electrons. The van der Waals surface area contributed by atoms with Gasteiger partial charge in [0.05, 0.1) is 22.0 Å². The third-order valence-electron chi connectivity index (χ3n) is 4.25. The summed E-state index contributed by atoms with van der Waals surface area (Å²) in [6.07, 6.45) is -0.753. The molecule has 0 aromatic heterocycles. The van der Waals surface area contributed by atoms with E-state index in [0.717, 1.165) is 4.90 Å². The summed E-state index contributed by atoms with van der Waals surface area (Å²) >= 11 is 11.9. The van der Waals surface area contributed by atoms with Crippen LogP contribution in [0.3, 0.4) is 0 Å². The van der Waals surface area contributed by atoms with Gasteiger partial charge in [-0.1, -0.05) is 23.2 Å². The molecule has 1 aliphatic heterocycles. The van der Waals surface area contributed by atoms with Crippen LogP contribution in [0, 0.1) is 0 Å². The SMILES string of the molecule is C[C@@H](OC(=O)c1ccc(N2C(=O)CCC2=O)cc1)C(=O)Nc1cc(Cl)ccc1Cl. The van der Waals surface area contributed by atoms with Crippen molar-refractivity contribution in [2.75, 3.05) is 10.2 Å². The maximum Gasteiger partial charge on any atom is 0.338 e. The predicted molar refractivity (Wildman–Crippen MR) is 108 cm³/mol. The van der Waals surface area contributed by atoms with Gasteiger partial charge < -0.3 is 10.1 Å². The lowest BCUT2D eigenvalue weighted by molar-refractivity contribution is -0.124. The maximum atomic E-state index is 12.3. The van der Waals surface area contributed by atoms with Crippen LogP contribution in [0.15, 0.2) is 42.5 Å². The molecule has 0 unspecified atom stereocenters. The number of halogens is 2. The van der Waals surface area contributed by atoms with Crippen molar-refractivity contribution >= 4 is 58.3 Å². The lowest BCUT2D eigenvalue weighted by Gasteiger charge is -2.16. The summed E-state index contributed by atoms with van der Waals surface area (Å²) in [6, 6.07) is 10.4. The first-order valence-corrected chi connectivity index (χ1v) is 9.44. The zero-order valence-electron chi connectivity index (χ0n) is 15.3. The van der Waals surface area contributed by atoms with Crippen LogP contribution in [-0.2, 0) is 19.1 Å². The lowest BCUT2D eigenvalue weighted by Crippen LogP contribution is -2.30. The van der Waals surface area contributed by atoms with Crippen molar-refractivity contribution in [2.45, 2.75) is 25.9 Å². The van der Waals surface area contributed by atoms with Crippen molar-refractivity contribution < 1.29 is 23.9 Å². The minimum atomic E-state index is -1.10. The molecule has 7 nitrogen and oxygen atoms in total. The van der Waals surface area contributed by atoms with Gasteiger partial charge in [-0.25, -0.2) is 4.79 Å². The first-order valence-electron chi connectivity index (χ1n) is 8.69. The van der Waals surface area contributed by atoms with E-state index >= 15 is 0 Å². The molecule has 2 aromatic carbocycles. The molecule has 0 saturated carbocycles. The van der Waals surface area contributed by atoms with Gasteiger partial charge in [0.1, 0.15) is 0 Å². The fraction of sp³-hybridized carbons (Fsp3) is 0.200. The van der Waals surface area contributed by atoms with E-state index in [1.807, 2.05) is 0 Å². The minimum absolute atomic E-state index is 0.173. The molecular weight excluding hydrogens is 419 g/mol. The van der Waals surface area contributed by atoms with Gasteiger partial charge in [-0.05, 0) is 49.4 Å². The van der Waals surface area contributed by atoms with E-state index in [4.69, 9.17) is 27.9 Å². The molecule has 3 amide bonds. The number of benzene rings is 2. The second-order valence-corrected chi connectivity index (χ2v) is 7.17. The number of carbonyl (C=O) groups excluding carboxylic acids is 4. The van der Waals surface area contributed by atoms with Crippen molar-refractivity contribution in [3.05, 3.63) is 58.1 Å². The highest BCUT2D eigenvalue weighted by atomic mass is 35.5. The Labute approximate surface area is 176 Å². The highest BCUT2D eigenvalue weighted by Gasteiger charge is 2.30. The van der Waals surface area contributed by atoms with Gasteiger partial charge in [0, 0.05) is 17.9 Å². The number of esters is 1. The van der Waals surface area contributed by atoms with Crippen LogP contribution in [0.1, 0.15) is 30.1 Å². The fourth-order valence-corrected chi connectivity index (χ4v) is 3.06. The summed E-state index contributed by atoms with van der Waals surface area (Å²) < 4.78 is 5.17. The highest BCUT2D eigenvalue weighted by Crippen LogP contribution is 2.26. The van der Waals surface area contributed by atoms with E-state index in [0.29, 0.717) is 21.4 Å². The van der Waals surface area contributed by atoms with Crippen molar-refractivity contribution in [1.29, 1.82) is 0 Å². The van der Waals surface area contributed by atoms with Gasteiger partial charge in [0.2, 0.25) is 11.8 Å². The maximum absolute atomic E-state index is 12.3. The van der Waals surface area contributed by atoms with Crippen LogP contribution >= 0.6 is 23.2 Å². The number of ether oxygens (including phenoxy) is 1. The molecule has 150 valence electrons. The van der Waals surface area contributed by atoms with Gasteiger partial charge in [-0.15, -0.1) is 0 Å². The molecule has 0 aliphatic carbocycles. The normalized spacial score (nSPS) is 14.7. The Morgan fingerprint density at radius 1 is 1.03 bits per heavy atom. The molecule has 1 atom stereocenters. The average molecular weight is 435 g/mol. The highest BCUT2D eigenvalue weighted by molar-refractivity contribution is 6.35. The standard InChI is InChI=1S/C20H16Cl2N2O5/c1-11(19(27)23-16-10-13(21)4-7-15(16)22)29-20(28)12-2-5-14(6-3-12)24-17(25)8-9-18(24)26/h2-7,10-11H,8-9H2,1H3,(H,23,27)/t11-/m1/s1. The minimum Gasteiger partial charge on any atom is -0.449 e. The number of carbonyl (C=O) groups is 4. The summed E-state index contributed by atoms with van der Waals surface area (Å²) in [5, 5.41) is 3.24. The molecule has 2 aromatic rings. The van der Waals surface area contributed by atoms with Crippen LogP contribution in [0.5, 0.6) is 0 Å². The monoisotopic (exact) mass is 434 g/mol. The van der Waals surface area contributed by atoms with Crippen LogP contribution < -0.4 is 10.2 Å². The topological polar surface area (TPSA) is 92.8 Å². The number of rotatable bonds is 5. The van der Waals surface area contributed by atoms with Crippen molar-refractivity contribution in [2.24, 2.45) is 0 Å². The molecule has 1 heterocycles. The van der Waals surface area contributed by atoms with E-state index in [9.17, 15) is 19.2 Å². The number of anilines is 2. The summed E-state index contributed by atoms with van der Waals surface area (Å²) in [5.41, 5.74) is 0.861. The Morgan fingerprint density at radius 3 is 2.28 bits per heavy atom. The molecule has 1 saturated heterocycles. The number of hydrogen-bond acceptors (Lipinski definition) is 5. The Balaban J connectivity index is 1.63. The number of nitrogens with one attached hydrogen (secondary N) is 1. The number of hydrogen-bond donors (Lipinski definition) is 1. The molecule has 9 heteroatoms. The zero-order valence-corrected chi connectivity index (χ0v) is 16.8. The number of amides is 3. The third kappa shape index (κ3) is 4.75. The van der Waals surface area contributed by atoms with E-state index in [1.165, 1.54) is 43.3 Å². The largest absolute Gasteiger partial charge is 0.449 e. The number of imide groups is 1. The van der Waals surface area contributed by atoms with Crippen LogP contribution in [0.25, 0.3) is 0 Å². The Hall–Kier alpha value is -2.90. The van der Waals surface area contributed by atoms with Crippen molar-refractivity contribution in [3.8, 4) is 0 Å². The Bertz CT molecular complexity index is 975. The molecule has 1 N–H and O–H groups in total. The van der Waals surface area contributed by atoms with Crippen LogP contribution in [-0.4, -0.2) is 29.8 Å². The number of nitrogens with zero attached hydrogens (tertiary/aromatic N) is 1. The second kappa shape index (κ2) is 8.63. The smallest absolute Gasteiger partial charge is 0.338 e. The Morgan fingerprint density at radius 2 is 1.66 bits per heavy atom. The van der Waals surface area contributed by atoms with E-state index in [-0.39, 0.29) is 30.2 Å². The molecular formula is C20H16Cl2N2O5. The third-order valence-corrected chi connectivity index (χ3v) is 4.82.